The number of hydrogen-bond acceptors (Lipinski definition) is 4. The number of hydrogen-bond donors (Lipinski definition) is 1. The van der Waals surface area contributed by atoms with E-state index in [0.29, 0.717) is 6.54 Å². The summed E-state index contributed by atoms with van der Waals surface area (Å²) in [5.41, 5.74) is 2.26. The summed E-state index contributed by atoms with van der Waals surface area (Å²) in [6.45, 7) is 0.667. The maximum absolute atomic E-state index is 5.36. The van der Waals surface area contributed by atoms with Gasteiger partial charge in [0.25, 0.3) is 0 Å². The van der Waals surface area contributed by atoms with E-state index in [9.17, 15) is 0 Å². The average molecular weight is 337 g/mol. The van der Waals surface area contributed by atoms with Crippen molar-refractivity contribution < 1.29 is 9.47 Å². The Bertz CT molecular complexity index is 793. The first-order valence-electron chi connectivity index (χ1n) is 8.18. The maximum Gasteiger partial charge on any atom is 0.130 e. The largest absolute Gasteiger partial charge is 0.497 e. The van der Waals surface area contributed by atoms with Crippen LogP contribution in [0, 0.1) is 0 Å². The van der Waals surface area contributed by atoms with Gasteiger partial charge in [-0.25, -0.2) is 4.98 Å². The van der Waals surface area contributed by atoms with Gasteiger partial charge in [-0.3, -0.25) is 5.32 Å². The highest BCUT2D eigenvalue weighted by Crippen LogP contribution is 2.24. The molecule has 1 atom stereocenters. The first-order chi connectivity index (χ1) is 12.2. The molecule has 2 aromatic carbocycles. The first-order valence-corrected chi connectivity index (χ1v) is 8.18. The van der Waals surface area contributed by atoms with Crippen molar-refractivity contribution in [3.05, 3.63) is 77.9 Å². The average Bonchev–Trinajstić information content (AvgIpc) is 3.08. The third kappa shape index (κ3) is 4.00. The smallest absolute Gasteiger partial charge is 0.130 e. The number of aryl methyl sites for hydroxylation is 1. The van der Waals surface area contributed by atoms with E-state index >= 15 is 0 Å². The van der Waals surface area contributed by atoms with E-state index in [-0.39, 0.29) is 6.04 Å². The van der Waals surface area contributed by atoms with Crippen LogP contribution in [-0.2, 0) is 13.6 Å². The van der Waals surface area contributed by atoms with Crippen LogP contribution in [0.4, 0.5) is 0 Å². The highest BCUT2D eigenvalue weighted by molar-refractivity contribution is 5.38. The van der Waals surface area contributed by atoms with Gasteiger partial charge in [0.2, 0.25) is 0 Å². The Morgan fingerprint density at radius 3 is 2.28 bits per heavy atom. The van der Waals surface area contributed by atoms with Crippen LogP contribution in [-0.4, -0.2) is 23.8 Å². The molecule has 0 fully saturated rings. The zero-order valence-electron chi connectivity index (χ0n) is 14.8. The number of benzene rings is 2. The van der Waals surface area contributed by atoms with E-state index in [4.69, 9.17) is 9.47 Å². The lowest BCUT2D eigenvalue weighted by molar-refractivity contribution is 0.393. The molecule has 1 aromatic heterocycles. The Morgan fingerprint density at radius 1 is 1.04 bits per heavy atom. The van der Waals surface area contributed by atoms with E-state index in [0.717, 1.165) is 22.9 Å². The van der Waals surface area contributed by atoms with Crippen LogP contribution in [0.25, 0.3) is 0 Å². The zero-order chi connectivity index (χ0) is 17.6. The minimum absolute atomic E-state index is 0.00149. The number of rotatable bonds is 7. The Labute approximate surface area is 148 Å². The predicted octanol–water partition coefficient (Wildman–Crippen LogP) is 3.32. The fraction of sp³-hybridized carbons (Fsp3) is 0.250. The molecule has 0 radical (unpaired) electrons. The van der Waals surface area contributed by atoms with Crippen LogP contribution in [0.1, 0.15) is 23.0 Å². The summed E-state index contributed by atoms with van der Waals surface area (Å²) >= 11 is 0. The highest BCUT2D eigenvalue weighted by atomic mass is 16.5. The molecule has 0 unspecified atom stereocenters. The van der Waals surface area contributed by atoms with Crippen LogP contribution >= 0.6 is 0 Å². The van der Waals surface area contributed by atoms with Crippen LogP contribution in [0.2, 0.25) is 0 Å². The summed E-state index contributed by atoms with van der Waals surface area (Å²) in [7, 11) is 5.33. The molecule has 0 bridgehead atoms. The summed E-state index contributed by atoms with van der Waals surface area (Å²) in [6.07, 6.45) is 3.78. The number of methoxy groups -OCH3 is 2. The fourth-order valence-corrected chi connectivity index (χ4v) is 2.85. The number of nitrogens with zero attached hydrogens (tertiary/aromatic N) is 2. The van der Waals surface area contributed by atoms with Crippen molar-refractivity contribution in [3.63, 3.8) is 0 Å². The molecule has 0 amide bonds. The molecule has 3 aromatic rings. The molecule has 1 heterocycles. The molecule has 130 valence electrons. The molecule has 0 aliphatic rings. The van der Waals surface area contributed by atoms with Crippen molar-refractivity contribution in [1.29, 1.82) is 0 Å². The van der Waals surface area contributed by atoms with Gasteiger partial charge in [-0.1, -0.05) is 30.3 Å². The molecule has 5 nitrogen and oxygen atoms in total. The molecule has 0 aliphatic heterocycles. The molecule has 1 N–H and O–H groups in total. The van der Waals surface area contributed by atoms with Crippen molar-refractivity contribution in [2.75, 3.05) is 14.2 Å². The number of imidazole rings is 1. The SMILES string of the molecule is COc1cc(CN[C@@H](c2ccccc2)c2nccn2C)cc(OC)c1. The van der Waals surface area contributed by atoms with Crippen molar-refractivity contribution >= 4 is 0 Å². The van der Waals surface area contributed by atoms with E-state index in [1.165, 1.54) is 5.56 Å². The van der Waals surface area contributed by atoms with Crippen molar-refractivity contribution in [2.24, 2.45) is 7.05 Å². The van der Waals surface area contributed by atoms with Crippen LogP contribution < -0.4 is 14.8 Å². The topological polar surface area (TPSA) is 48.3 Å². The standard InChI is InChI=1S/C20H23N3O2/c1-23-10-9-21-20(23)19(16-7-5-4-6-8-16)22-14-15-11-17(24-2)13-18(12-15)25-3/h4-13,19,22H,14H2,1-3H3/t19-/m0/s1. The van der Waals surface area contributed by atoms with Gasteiger partial charge in [0, 0.05) is 32.1 Å². The fourth-order valence-electron chi connectivity index (χ4n) is 2.85. The molecule has 25 heavy (non-hydrogen) atoms. The van der Waals surface area contributed by atoms with E-state index in [2.05, 4.69) is 22.4 Å². The lowest BCUT2D eigenvalue weighted by atomic mass is 10.1. The monoisotopic (exact) mass is 337 g/mol. The number of nitrogens with one attached hydrogen (secondary N) is 1. The maximum atomic E-state index is 5.36. The lowest BCUT2D eigenvalue weighted by Gasteiger charge is -2.19. The minimum atomic E-state index is -0.00149. The molecule has 0 saturated heterocycles. The molecule has 3 rings (SSSR count). The second kappa shape index (κ2) is 7.85. The van der Waals surface area contributed by atoms with Gasteiger partial charge in [0.15, 0.2) is 0 Å². The third-order valence-corrected chi connectivity index (χ3v) is 4.17. The van der Waals surface area contributed by atoms with Crippen LogP contribution in [0.5, 0.6) is 11.5 Å². The Kier molecular flexibility index (Phi) is 5.36. The van der Waals surface area contributed by atoms with Gasteiger partial charge in [-0.15, -0.1) is 0 Å². The van der Waals surface area contributed by atoms with Crippen molar-refractivity contribution in [1.82, 2.24) is 14.9 Å². The molecule has 0 saturated carbocycles. The lowest BCUT2D eigenvalue weighted by Crippen LogP contribution is -2.24. The van der Waals surface area contributed by atoms with Gasteiger partial charge < -0.3 is 14.0 Å². The number of aromatic nitrogens is 2. The summed E-state index contributed by atoms with van der Waals surface area (Å²) < 4.78 is 12.8. The van der Waals surface area contributed by atoms with Gasteiger partial charge in [-0.05, 0) is 23.3 Å². The van der Waals surface area contributed by atoms with Gasteiger partial charge >= 0.3 is 0 Å². The second-order valence-electron chi connectivity index (χ2n) is 5.84. The predicted molar refractivity (Wildman–Crippen MR) is 97.9 cm³/mol. The molecule has 5 heteroatoms. The Balaban J connectivity index is 1.86. The number of ether oxygens (including phenoxy) is 2. The summed E-state index contributed by atoms with van der Waals surface area (Å²) in [6, 6.07) is 16.2. The quantitative estimate of drug-likeness (QED) is 0.718. The highest BCUT2D eigenvalue weighted by Gasteiger charge is 2.17. The summed E-state index contributed by atoms with van der Waals surface area (Å²) in [5, 5.41) is 3.60. The zero-order valence-corrected chi connectivity index (χ0v) is 14.8. The summed E-state index contributed by atoms with van der Waals surface area (Å²) in [4.78, 5) is 4.52. The third-order valence-electron chi connectivity index (χ3n) is 4.17. The van der Waals surface area contributed by atoms with E-state index in [1.807, 2.05) is 60.4 Å². The van der Waals surface area contributed by atoms with Crippen LogP contribution in [0.3, 0.4) is 0 Å². The molecular weight excluding hydrogens is 314 g/mol. The second-order valence-corrected chi connectivity index (χ2v) is 5.84. The van der Waals surface area contributed by atoms with Gasteiger partial charge in [0.05, 0.1) is 20.3 Å². The van der Waals surface area contributed by atoms with Crippen molar-refractivity contribution in [3.8, 4) is 11.5 Å². The van der Waals surface area contributed by atoms with Gasteiger partial charge in [0.1, 0.15) is 17.3 Å². The molecular formula is C20H23N3O2. The minimum Gasteiger partial charge on any atom is -0.497 e. The Morgan fingerprint density at radius 2 is 1.72 bits per heavy atom. The van der Waals surface area contributed by atoms with Crippen molar-refractivity contribution in [2.45, 2.75) is 12.6 Å². The molecule has 0 aliphatic carbocycles. The van der Waals surface area contributed by atoms with Crippen LogP contribution in [0.15, 0.2) is 60.9 Å². The molecule has 0 spiro atoms. The van der Waals surface area contributed by atoms with Gasteiger partial charge in [-0.2, -0.15) is 0 Å². The summed E-state index contributed by atoms with van der Waals surface area (Å²) in [5.74, 6) is 2.54. The Hall–Kier alpha value is -2.79. The normalized spacial score (nSPS) is 12.0. The van der Waals surface area contributed by atoms with E-state index < -0.39 is 0 Å². The van der Waals surface area contributed by atoms with E-state index in [1.54, 1.807) is 14.2 Å². The first kappa shape index (κ1) is 17.0.